The quantitative estimate of drug-likeness (QED) is 0.438. The Labute approximate surface area is 94.3 Å². The first kappa shape index (κ1) is 11.7. The number of carbonyl (C=O) groups is 2. The number of rotatable bonds is 5. The molecule has 0 saturated carbocycles. The first-order valence-electron chi connectivity index (χ1n) is 4.27. The second-order valence-corrected chi connectivity index (χ2v) is 4.97. The van der Waals surface area contributed by atoms with Crippen LogP contribution in [0.15, 0.2) is 43.0 Å². The van der Waals surface area contributed by atoms with Crippen molar-refractivity contribution in [2.75, 3.05) is 6.61 Å². The first-order valence-corrected chi connectivity index (χ1v) is 5.98. The summed E-state index contributed by atoms with van der Waals surface area (Å²) in [4.78, 5) is 22.0. The van der Waals surface area contributed by atoms with Gasteiger partial charge in [0.2, 0.25) is 0 Å². The van der Waals surface area contributed by atoms with E-state index in [0.717, 1.165) is 10.5 Å². The molecule has 0 bridgehead atoms. The molecule has 0 fully saturated rings. The third-order valence-electron chi connectivity index (χ3n) is 1.47. The molecule has 0 saturated heterocycles. The van der Waals surface area contributed by atoms with Crippen molar-refractivity contribution in [1.29, 1.82) is 0 Å². The van der Waals surface area contributed by atoms with Crippen molar-refractivity contribution in [2.24, 2.45) is 0 Å². The zero-order chi connectivity index (χ0) is 11.1. The Hall–Kier alpha value is -1.38. The predicted molar refractivity (Wildman–Crippen MR) is 58.0 cm³/mol. The number of esters is 1. The number of benzene rings is 1. The Morgan fingerprint density at radius 1 is 1.33 bits per heavy atom. The van der Waals surface area contributed by atoms with Crippen LogP contribution >= 0.6 is 0 Å². The number of hydrogen-bond donors (Lipinski definition) is 0. The molecule has 4 heteroatoms. The molecule has 0 spiro atoms. The molecule has 0 N–H and O–H groups in total. The summed E-state index contributed by atoms with van der Waals surface area (Å²) in [6, 6.07) is 9.41. The normalized spacial score (nSPS) is 9.33. The van der Waals surface area contributed by atoms with Crippen LogP contribution in [0.5, 0.6) is 0 Å². The molecule has 0 aliphatic carbocycles. The Bertz CT molecular complexity index is 359. The van der Waals surface area contributed by atoms with E-state index in [-0.39, 0.29) is 26.2 Å². The topological polar surface area (TPSA) is 43.4 Å². The third kappa shape index (κ3) is 4.58. The van der Waals surface area contributed by atoms with Crippen molar-refractivity contribution in [2.45, 2.75) is 0 Å². The van der Waals surface area contributed by atoms with E-state index < -0.39 is 5.97 Å². The van der Waals surface area contributed by atoms with E-state index in [4.69, 9.17) is 0 Å². The molecule has 78 valence electrons. The summed E-state index contributed by atoms with van der Waals surface area (Å²) in [6.07, 6.45) is 1.04. The van der Waals surface area contributed by atoms with Crippen LogP contribution in [-0.4, -0.2) is 32.2 Å². The minimum absolute atomic E-state index is 0.0658. The summed E-state index contributed by atoms with van der Waals surface area (Å²) >= 11 is -0.289. The molecule has 0 unspecified atom stereocenters. The van der Waals surface area contributed by atoms with E-state index in [9.17, 15) is 9.59 Å². The second kappa shape index (κ2) is 6.17. The first-order chi connectivity index (χ1) is 7.22. The summed E-state index contributed by atoms with van der Waals surface area (Å²) in [5, 5.41) is 0. The van der Waals surface area contributed by atoms with Crippen LogP contribution in [0, 0.1) is 0 Å². The van der Waals surface area contributed by atoms with E-state index in [1.807, 2.05) is 30.3 Å². The molecular weight excluding hydrogens is 259 g/mol. The SMILES string of the molecule is C=CC(=O)OCC(=O)[Se]c1ccccc1. The van der Waals surface area contributed by atoms with E-state index in [0.29, 0.717) is 0 Å². The van der Waals surface area contributed by atoms with Gasteiger partial charge in [-0.1, -0.05) is 0 Å². The van der Waals surface area contributed by atoms with Crippen LogP contribution in [-0.2, 0) is 14.3 Å². The maximum atomic E-state index is 11.3. The summed E-state index contributed by atoms with van der Waals surface area (Å²) in [7, 11) is 0. The van der Waals surface area contributed by atoms with Gasteiger partial charge in [-0.15, -0.1) is 0 Å². The van der Waals surface area contributed by atoms with Gasteiger partial charge in [0.05, 0.1) is 0 Å². The average Bonchev–Trinajstić information content (AvgIpc) is 2.27. The summed E-state index contributed by atoms with van der Waals surface area (Å²) < 4.78 is 5.54. The molecule has 0 radical (unpaired) electrons. The van der Waals surface area contributed by atoms with E-state index in [1.54, 1.807) is 0 Å². The molecule has 1 aromatic rings. The van der Waals surface area contributed by atoms with Gasteiger partial charge in [-0.25, -0.2) is 0 Å². The van der Waals surface area contributed by atoms with Crippen LogP contribution in [0.25, 0.3) is 0 Å². The standard InChI is InChI=1S/C11H10O3Se/c1-2-10(12)14-8-11(13)15-9-6-4-3-5-7-9/h2-7H,1,8H2. The van der Waals surface area contributed by atoms with Crippen molar-refractivity contribution in [1.82, 2.24) is 0 Å². The molecule has 0 aromatic heterocycles. The summed E-state index contributed by atoms with van der Waals surface area (Å²) in [5.74, 6) is -0.563. The Morgan fingerprint density at radius 3 is 2.60 bits per heavy atom. The van der Waals surface area contributed by atoms with E-state index >= 15 is 0 Å². The molecule has 0 aliphatic heterocycles. The van der Waals surface area contributed by atoms with Gasteiger partial charge in [0.1, 0.15) is 0 Å². The molecule has 0 amide bonds. The molecule has 3 nitrogen and oxygen atoms in total. The van der Waals surface area contributed by atoms with E-state index in [2.05, 4.69) is 11.3 Å². The third-order valence-corrected chi connectivity index (χ3v) is 3.26. The summed E-state index contributed by atoms with van der Waals surface area (Å²) in [6.45, 7) is 3.07. The molecule has 0 atom stereocenters. The number of hydrogen-bond acceptors (Lipinski definition) is 3. The van der Waals surface area contributed by atoms with Crippen LogP contribution in [0.3, 0.4) is 0 Å². The predicted octanol–water partition coefficient (Wildman–Crippen LogP) is 0.272. The second-order valence-electron chi connectivity index (χ2n) is 2.60. The molecule has 1 rings (SSSR count). The number of carbonyl (C=O) groups excluding carboxylic acids is 2. The van der Waals surface area contributed by atoms with Crippen molar-refractivity contribution in [3.8, 4) is 0 Å². The molecular formula is C11H10O3Se. The molecule has 0 aliphatic rings. The van der Waals surface area contributed by atoms with Gasteiger partial charge in [0.25, 0.3) is 0 Å². The Balaban J connectivity index is 2.37. The fraction of sp³-hybridized carbons (Fsp3) is 0.0909. The van der Waals surface area contributed by atoms with Crippen molar-refractivity contribution >= 4 is 30.1 Å². The molecule has 0 heterocycles. The zero-order valence-electron chi connectivity index (χ0n) is 8.01. The van der Waals surface area contributed by atoms with E-state index in [1.165, 1.54) is 0 Å². The van der Waals surface area contributed by atoms with Crippen LogP contribution in [0.1, 0.15) is 0 Å². The van der Waals surface area contributed by atoms with Gasteiger partial charge in [-0.2, -0.15) is 0 Å². The van der Waals surface area contributed by atoms with Gasteiger partial charge >= 0.3 is 94.0 Å². The minimum atomic E-state index is -0.563. The number of ether oxygens (including phenoxy) is 1. The fourth-order valence-electron chi connectivity index (χ4n) is 0.838. The average molecular weight is 269 g/mol. The molecule has 1 aromatic carbocycles. The van der Waals surface area contributed by atoms with Crippen LogP contribution < -0.4 is 4.46 Å². The monoisotopic (exact) mass is 270 g/mol. The Kier molecular flexibility index (Phi) is 4.81. The van der Waals surface area contributed by atoms with Crippen LogP contribution in [0.4, 0.5) is 0 Å². The van der Waals surface area contributed by atoms with Gasteiger partial charge in [-0.05, 0) is 0 Å². The maximum absolute atomic E-state index is 11.3. The van der Waals surface area contributed by atoms with Gasteiger partial charge in [-0.3, -0.25) is 0 Å². The van der Waals surface area contributed by atoms with Crippen LogP contribution in [0.2, 0.25) is 0 Å². The van der Waals surface area contributed by atoms with Crippen molar-refractivity contribution < 1.29 is 14.3 Å². The van der Waals surface area contributed by atoms with Crippen molar-refractivity contribution in [3.05, 3.63) is 43.0 Å². The van der Waals surface area contributed by atoms with Gasteiger partial charge in [0.15, 0.2) is 0 Å². The Morgan fingerprint density at radius 2 is 2.00 bits per heavy atom. The zero-order valence-corrected chi connectivity index (χ0v) is 9.72. The summed E-state index contributed by atoms with van der Waals surface area (Å²) in [5.41, 5.74) is 0. The van der Waals surface area contributed by atoms with Gasteiger partial charge < -0.3 is 0 Å². The molecule has 15 heavy (non-hydrogen) atoms. The van der Waals surface area contributed by atoms with Crippen molar-refractivity contribution in [3.63, 3.8) is 0 Å². The fourth-order valence-corrected chi connectivity index (χ4v) is 2.25. The van der Waals surface area contributed by atoms with Gasteiger partial charge in [0, 0.05) is 0 Å².